The number of hydrogen-bond donors (Lipinski definition) is 2. The number of alkyl carbamates (subject to hydrolysis) is 1. The molecule has 2 amide bonds. The van der Waals surface area contributed by atoms with Crippen molar-refractivity contribution in [2.45, 2.75) is 72.1 Å². The minimum Gasteiger partial charge on any atom is -0.444 e. The summed E-state index contributed by atoms with van der Waals surface area (Å²) in [6.07, 6.45) is 1.11. The summed E-state index contributed by atoms with van der Waals surface area (Å²) in [5.41, 5.74) is 5.33. The summed E-state index contributed by atoms with van der Waals surface area (Å²) >= 11 is 0. The molecule has 2 atom stereocenters. The number of ether oxygens (including phenoxy) is 1. The number of nitrogens with one attached hydrogen (secondary N) is 1. The highest BCUT2D eigenvalue weighted by Gasteiger charge is 2.38. The monoisotopic (exact) mass is 325 g/mol. The largest absolute Gasteiger partial charge is 0.444 e. The van der Waals surface area contributed by atoms with Crippen LogP contribution in [0, 0.1) is 5.41 Å². The lowest BCUT2D eigenvalue weighted by molar-refractivity contribution is -0.121. The lowest BCUT2D eigenvalue weighted by Crippen LogP contribution is -2.52. The highest BCUT2D eigenvalue weighted by atomic mass is 16.6. The van der Waals surface area contributed by atoms with E-state index in [2.05, 4.69) is 11.9 Å². The second kappa shape index (κ2) is 6.81. The number of nitrogens with two attached hydrogens (primary N) is 1. The molecule has 0 aromatic carbocycles. The first-order chi connectivity index (χ1) is 10.3. The van der Waals surface area contributed by atoms with Gasteiger partial charge in [0.2, 0.25) is 5.91 Å². The first kappa shape index (κ1) is 19.3. The van der Waals surface area contributed by atoms with Gasteiger partial charge in [-0.05, 0) is 39.0 Å². The Balaban J connectivity index is 2.92. The molecule has 1 rings (SSSR count). The highest BCUT2D eigenvalue weighted by molar-refractivity contribution is 5.80. The van der Waals surface area contributed by atoms with Crippen LogP contribution in [-0.2, 0) is 9.53 Å². The van der Waals surface area contributed by atoms with Gasteiger partial charge in [-0.1, -0.05) is 27.4 Å². The minimum absolute atomic E-state index is 0.279. The van der Waals surface area contributed by atoms with Gasteiger partial charge in [0.25, 0.3) is 0 Å². The zero-order valence-corrected chi connectivity index (χ0v) is 15.2. The van der Waals surface area contributed by atoms with Crippen LogP contribution in [0.3, 0.4) is 0 Å². The molecule has 132 valence electrons. The minimum atomic E-state index is -0.572. The van der Waals surface area contributed by atoms with Crippen LogP contribution in [0.5, 0.6) is 0 Å². The molecule has 1 heterocycles. The van der Waals surface area contributed by atoms with Gasteiger partial charge in [-0.25, -0.2) is 4.79 Å². The maximum absolute atomic E-state index is 12.2. The normalized spacial score (nSPS) is 20.1. The molecule has 1 unspecified atom stereocenters. The molecule has 0 aromatic heterocycles. The zero-order chi connectivity index (χ0) is 18.0. The van der Waals surface area contributed by atoms with E-state index in [9.17, 15) is 9.59 Å². The molecule has 0 radical (unpaired) electrons. The molecule has 1 fully saturated rings. The quantitative estimate of drug-likeness (QED) is 0.831. The van der Waals surface area contributed by atoms with Crippen LogP contribution in [0.15, 0.2) is 12.3 Å². The Morgan fingerprint density at radius 2 is 1.83 bits per heavy atom. The number of likely N-dealkylation sites (tertiary alicyclic amines) is 1. The van der Waals surface area contributed by atoms with Gasteiger partial charge in [-0.2, -0.15) is 0 Å². The van der Waals surface area contributed by atoms with E-state index < -0.39 is 11.7 Å². The number of nitrogens with zero attached hydrogens (tertiary/aromatic N) is 1. The van der Waals surface area contributed by atoms with Crippen LogP contribution in [0.1, 0.15) is 54.4 Å². The molecule has 1 aliphatic rings. The third-order valence-electron chi connectivity index (χ3n) is 3.81. The Morgan fingerprint density at radius 3 is 2.26 bits per heavy atom. The first-order valence-electron chi connectivity index (χ1n) is 8.07. The number of hydrogen-bond acceptors (Lipinski definition) is 4. The maximum Gasteiger partial charge on any atom is 0.408 e. The molecule has 0 spiro atoms. The number of primary amides is 1. The lowest BCUT2D eigenvalue weighted by atomic mass is 9.84. The molecule has 23 heavy (non-hydrogen) atoms. The van der Waals surface area contributed by atoms with E-state index in [1.165, 1.54) is 0 Å². The molecular weight excluding hydrogens is 294 g/mol. The summed E-state index contributed by atoms with van der Waals surface area (Å²) in [5.74, 6) is -0.353. The molecular formula is C17H31N3O3. The fourth-order valence-corrected chi connectivity index (χ4v) is 2.80. The van der Waals surface area contributed by atoms with Gasteiger partial charge < -0.3 is 20.7 Å². The molecule has 3 N–H and O–H groups in total. The number of carbonyl (C=O) groups is 2. The van der Waals surface area contributed by atoms with Gasteiger partial charge in [-0.3, -0.25) is 4.79 Å². The number of rotatable bonds is 4. The summed E-state index contributed by atoms with van der Waals surface area (Å²) in [7, 11) is 0. The molecule has 0 aliphatic carbocycles. The maximum atomic E-state index is 12.2. The predicted octanol–water partition coefficient (Wildman–Crippen LogP) is 2.39. The molecule has 1 saturated heterocycles. The van der Waals surface area contributed by atoms with E-state index in [0.29, 0.717) is 5.70 Å². The van der Waals surface area contributed by atoms with Gasteiger partial charge in [-0.15, -0.1) is 0 Å². The SMILES string of the molecule is C=C([C@@H](NC(=O)OC(C)(C)C)C(C)(C)C)N1CCCC1C(N)=O. The Kier molecular flexibility index (Phi) is 5.72. The van der Waals surface area contributed by atoms with Crippen LogP contribution >= 0.6 is 0 Å². The van der Waals surface area contributed by atoms with Gasteiger partial charge in [0.1, 0.15) is 11.6 Å². The summed E-state index contributed by atoms with van der Waals surface area (Å²) in [5, 5.41) is 2.90. The van der Waals surface area contributed by atoms with E-state index in [1.54, 1.807) is 0 Å². The Labute approximate surface area is 139 Å². The van der Waals surface area contributed by atoms with Gasteiger partial charge >= 0.3 is 6.09 Å². The Morgan fingerprint density at radius 1 is 1.26 bits per heavy atom. The first-order valence-corrected chi connectivity index (χ1v) is 8.07. The molecule has 6 nitrogen and oxygen atoms in total. The van der Waals surface area contributed by atoms with Crippen LogP contribution in [0.25, 0.3) is 0 Å². The molecule has 6 heteroatoms. The summed E-state index contributed by atoms with van der Waals surface area (Å²) in [4.78, 5) is 25.7. The van der Waals surface area contributed by atoms with E-state index in [4.69, 9.17) is 10.5 Å². The fourth-order valence-electron chi connectivity index (χ4n) is 2.80. The molecule has 0 aromatic rings. The average molecular weight is 325 g/mol. The van der Waals surface area contributed by atoms with Crippen molar-refractivity contribution in [1.82, 2.24) is 10.2 Å². The molecule has 1 aliphatic heterocycles. The van der Waals surface area contributed by atoms with Crippen molar-refractivity contribution >= 4 is 12.0 Å². The van der Waals surface area contributed by atoms with E-state index >= 15 is 0 Å². The second-order valence-electron chi connectivity index (χ2n) is 8.19. The standard InChI is InChI=1S/C17H31N3O3/c1-11(20-10-8-9-12(20)14(18)21)13(16(2,3)4)19-15(22)23-17(5,6)7/h12-13H,1,8-10H2,2-7H3,(H2,18,21)(H,19,22)/t12?,13-/m1/s1. The smallest absolute Gasteiger partial charge is 0.408 e. The Bertz CT molecular complexity index is 474. The third-order valence-corrected chi connectivity index (χ3v) is 3.81. The van der Waals surface area contributed by atoms with Crippen molar-refractivity contribution in [1.29, 1.82) is 0 Å². The summed E-state index contributed by atoms with van der Waals surface area (Å²) in [6.45, 7) is 16.3. The summed E-state index contributed by atoms with van der Waals surface area (Å²) < 4.78 is 5.35. The Hall–Kier alpha value is -1.72. The van der Waals surface area contributed by atoms with Crippen LogP contribution < -0.4 is 11.1 Å². The van der Waals surface area contributed by atoms with Crippen molar-refractivity contribution in [3.63, 3.8) is 0 Å². The van der Waals surface area contributed by atoms with Gasteiger partial charge in [0.15, 0.2) is 0 Å². The lowest BCUT2D eigenvalue weighted by Gasteiger charge is -2.39. The number of amides is 2. The van der Waals surface area contributed by atoms with Crippen LogP contribution in [-0.4, -0.2) is 41.1 Å². The summed E-state index contributed by atoms with van der Waals surface area (Å²) in [6, 6.07) is -0.704. The van der Waals surface area contributed by atoms with E-state index in [-0.39, 0.29) is 23.4 Å². The average Bonchev–Trinajstić information content (AvgIpc) is 2.80. The molecule has 0 saturated carbocycles. The van der Waals surface area contributed by atoms with Crippen molar-refractivity contribution in [3.8, 4) is 0 Å². The van der Waals surface area contributed by atoms with Crippen LogP contribution in [0.4, 0.5) is 4.79 Å². The predicted molar refractivity (Wildman–Crippen MR) is 90.7 cm³/mol. The fraction of sp³-hybridized carbons (Fsp3) is 0.765. The molecule has 0 bridgehead atoms. The van der Waals surface area contributed by atoms with Crippen molar-refractivity contribution in [3.05, 3.63) is 12.3 Å². The van der Waals surface area contributed by atoms with E-state index in [0.717, 1.165) is 19.4 Å². The van der Waals surface area contributed by atoms with Crippen molar-refractivity contribution in [2.75, 3.05) is 6.54 Å². The highest BCUT2D eigenvalue weighted by Crippen LogP contribution is 2.31. The van der Waals surface area contributed by atoms with Gasteiger partial charge in [0.05, 0.1) is 6.04 Å². The van der Waals surface area contributed by atoms with Crippen molar-refractivity contribution in [2.24, 2.45) is 11.1 Å². The second-order valence-corrected chi connectivity index (χ2v) is 8.19. The van der Waals surface area contributed by atoms with E-state index in [1.807, 2.05) is 46.4 Å². The zero-order valence-electron chi connectivity index (χ0n) is 15.2. The number of carbonyl (C=O) groups excluding carboxylic acids is 2. The van der Waals surface area contributed by atoms with Crippen LogP contribution in [0.2, 0.25) is 0 Å². The topological polar surface area (TPSA) is 84.7 Å². The van der Waals surface area contributed by atoms with Gasteiger partial charge in [0, 0.05) is 12.2 Å². The third kappa shape index (κ3) is 5.44. The van der Waals surface area contributed by atoms with Crippen molar-refractivity contribution < 1.29 is 14.3 Å².